The zero-order valence-electron chi connectivity index (χ0n) is 11.6. The van der Waals surface area contributed by atoms with Gasteiger partial charge in [-0.15, -0.1) is 0 Å². The van der Waals surface area contributed by atoms with Gasteiger partial charge in [0, 0.05) is 35.4 Å². The number of halogens is 2. The number of hydrogen-bond donors (Lipinski definition) is 2. The minimum absolute atomic E-state index is 0.00746. The number of hydrogen-bond acceptors (Lipinski definition) is 2. The number of carbonyl (C=O) groups is 2. The highest BCUT2D eigenvalue weighted by molar-refractivity contribution is 6.31. The Morgan fingerprint density at radius 1 is 1.52 bits per heavy atom. The molecule has 0 spiro atoms. The summed E-state index contributed by atoms with van der Waals surface area (Å²) in [6.07, 6.45) is 0.577. The molecule has 3 atom stereocenters. The van der Waals surface area contributed by atoms with Gasteiger partial charge in [-0.2, -0.15) is 0 Å². The standard InChI is InChI=1S/C15H17ClFNO3/c1-8(5-13(19)20)7-18-15(21)10-6-9(10)14-11(16)3-2-4-12(14)17/h2-4,8-10H,5-7H2,1H3,(H,18,21)(H,19,20). The van der Waals surface area contributed by atoms with E-state index in [1.807, 2.05) is 0 Å². The molecule has 1 aliphatic rings. The smallest absolute Gasteiger partial charge is 0.303 e. The molecule has 1 aromatic carbocycles. The van der Waals surface area contributed by atoms with E-state index in [-0.39, 0.29) is 35.9 Å². The lowest BCUT2D eigenvalue weighted by Gasteiger charge is -2.10. The van der Waals surface area contributed by atoms with Gasteiger partial charge in [-0.25, -0.2) is 4.39 Å². The van der Waals surface area contributed by atoms with Gasteiger partial charge in [0.2, 0.25) is 5.91 Å². The van der Waals surface area contributed by atoms with E-state index in [0.29, 0.717) is 23.6 Å². The fourth-order valence-electron chi connectivity index (χ4n) is 2.44. The van der Waals surface area contributed by atoms with Crippen LogP contribution < -0.4 is 5.32 Å². The third-order valence-corrected chi connectivity index (χ3v) is 3.98. The molecule has 1 aromatic rings. The summed E-state index contributed by atoms with van der Waals surface area (Å²) < 4.78 is 13.8. The van der Waals surface area contributed by atoms with Crippen LogP contribution in [-0.4, -0.2) is 23.5 Å². The van der Waals surface area contributed by atoms with Gasteiger partial charge in [0.05, 0.1) is 0 Å². The monoisotopic (exact) mass is 313 g/mol. The fraction of sp³-hybridized carbons (Fsp3) is 0.467. The van der Waals surface area contributed by atoms with Crippen molar-refractivity contribution in [2.45, 2.75) is 25.7 Å². The normalized spacial score (nSPS) is 21.7. The number of carbonyl (C=O) groups excluding carboxylic acids is 1. The summed E-state index contributed by atoms with van der Waals surface area (Å²) in [5.41, 5.74) is 0.401. The van der Waals surface area contributed by atoms with Crippen LogP contribution in [0, 0.1) is 17.7 Å². The van der Waals surface area contributed by atoms with Gasteiger partial charge in [-0.3, -0.25) is 9.59 Å². The van der Waals surface area contributed by atoms with Crippen LogP contribution in [0.1, 0.15) is 31.2 Å². The molecule has 6 heteroatoms. The van der Waals surface area contributed by atoms with E-state index >= 15 is 0 Å². The van der Waals surface area contributed by atoms with Gasteiger partial charge in [0.15, 0.2) is 0 Å². The van der Waals surface area contributed by atoms with Crippen molar-refractivity contribution in [3.63, 3.8) is 0 Å². The van der Waals surface area contributed by atoms with Crippen molar-refractivity contribution in [1.82, 2.24) is 5.32 Å². The SMILES string of the molecule is CC(CNC(=O)C1CC1c1c(F)cccc1Cl)CC(=O)O. The molecule has 1 saturated carbocycles. The molecule has 2 N–H and O–H groups in total. The maximum Gasteiger partial charge on any atom is 0.303 e. The largest absolute Gasteiger partial charge is 0.481 e. The lowest BCUT2D eigenvalue weighted by atomic mass is 10.1. The van der Waals surface area contributed by atoms with Crippen molar-refractivity contribution in [3.8, 4) is 0 Å². The molecule has 1 fully saturated rings. The minimum atomic E-state index is -0.890. The van der Waals surface area contributed by atoms with E-state index in [0.717, 1.165) is 0 Å². The first-order chi connectivity index (χ1) is 9.90. The van der Waals surface area contributed by atoms with E-state index in [9.17, 15) is 14.0 Å². The zero-order chi connectivity index (χ0) is 15.6. The minimum Gasteiger partial charge on any atom is -0.481 e. The van der Waals surface area contributed by atoms with Crippen LogP contribution in [0.25, 0.3) is 0 Å². The number of amides is 1. The second-order valence-electron chi connectivity index (χ2n) is 5.53. The molecule has 1 amide bonds. The van der Waals surface area contributed by atoms with Crippen LogP contribution in [-0.2, 0) is 9.59 Å². The maximum absolute atomic E-state index is 13.8. The molecule has 0 aromatic heterocycles. The van der Waals surface area contributed by atoms with Crippen molar-refractivity contribution in [3.05, 3.63) is 34.6 Å². The topological polar surface area (TPSA) is 66.4 Å². The van der Waals surface area contributed by atoms with Gasteiger partial charge < -0.3 is 10.4 Å². The van der Waals surface area contributed by atoms with Crippen molar-refractivity contribution in [2.75, 3.05) is 6.54 Å². The quantitative estimate of drug-likeness (QED) is 0.848. The van der Waals surface area contributed by atoms with E-state index in [4.69, 9.17) is 16.7 Å². The molecule has 0 aliphatic heterocycles. The highest BCUT2D eigenvalue weighted by Crippen LogP contribution is 2.50. The fourth-order valence-corrected chi connectivity index (χ4v) is 2.75. The molecule has 0 radical (unpaired) electrons. The molecule has 4 nitrogen and oxygen atoms in total. The van der Waals surface area contributed by atoms with Crippen molar-refractivity contribution >= 4 is 23.5 Å². The first kappa shape index (κ1) is 15.8. The number of carboxylic acid groups (broad SMARTS) is 1. The predicted octanol–water partition coefficient (Wildman–Crippen LogP) is 2.81. The Morgan fingerprint density at radius 2 is 2.24 bits per heavy atom. The highest BCUT2D eigenvalue weighted by atomic mass is 35.5. The Bertz CT molecular complexity index is 544. The van der Waals surface area contributed by atoms with Crippen LogP contribution in [0.3, 0.4) is 0 Å². The van der Waals surface area contributed by atoms with Gasteiger partial charge in [-0.1, -0.05) is 24.6 Å². The molecule has 1 aliphatic carbocycles. The number of aliphatic carboxylic acids is 1. The Hall–Kier alpha value is -1.62. The van der Waals surface area contributed by atoms with Crippen molar-refractivity contribution in [2.24, 2.45) is 11.8 Å². The first-order valence-electron chi connectivity index (χ1n) is 6.83. The van der Waals surface area contributed by atoms with Crippen LogP contribution in [0.5, 0.6) is 0 Å². The second kappa shape index (κ2) is 6.43. The van der Waals surface area contributed by atoms with Gasteiger partial charge in [0.25, 0.3) is 0 Å². The average Bonchev–Trinajstić information content (AvgIpc) is 3.15. The molecule has 0 heterocycles. The Morgan fingerprint density at radius 3 is 2.86 bits per heavy atom. The van der Waals surface area contributed by atoms with Crippen LogP contribution >= 0.6 is 11.6 Å². The van der Waals surface area contributed by atoms with Crippen molar-refractivity contribution in [1.29, 1.82) is 0 Å². The zero-order valence-corrected chi connectivity index (χ0v) is 12.4. The summed E-state index contributed by atoms with van der Waals surface area (Å²) in [7, 11) is 0. The number of carboxylic acids is 1. The van der Waals surface area contributed by atoms with Crippen LogP contribution in [0.15, 0.2) is 18.2 Å². The molecular formula is C15H17ClFNO3. The lowest BCUT2D eigenvalue weighted by Crippen LogP contribution is -2.30. The molecule has 21 heavy (non-hydrogen) atoms. The summed E-state index contributed by atoms with van der Waals surface area (Å²) in [6, 6.07) is 4.48. The molecule has 0 bridgehead atoms. The van der Waals surface area contributed by atoms with Gasteiger partial charge in [0.1, 0.15) is 5.82 Å². The maximum atomic E-state index is 13.8. The highest BCUT2D eigenvalue weighted by Gasteiger charge is 2.46. The van der Waals surface area contributed by atoms with E-state index in [1.54, 1.807) is 13.0 Å². The molecule has 114 valence electrons. The van der Waals surface area contributed by atoms with Crippen LogP contribution in [0.2, 0.25) is 5.02 Å². The van der Waals surface area contributed by atoms with Gasteiger partial charge >= 0.3 is 5.97 Å². The summed E-state index contributed by atoms with van der Waals surface area (Å²) >= 11 is 5.98. The van der Waals surface area contributed by atoms with E-state index < -0.39 is 5.97 Å². The summed E-state index contributed by atoms with van der Waals surface area (Å²) in [5, 5.41) is 11.7. The second-order valence-corrected chi connectivity index (χ2v) is 5.94. The molecule has 0 saturated heterocycles. The van der Waals surface area contributed by atoms with Crippen molar-refractivity contribution < 1.29 is 19.1 Å². The van der Waals surface area contributed by atoms with E-state index in [2.05, 4.69) is 5.32 Å². The Kier molecular flexibility index (Phi) is 4.83. The van der Waals surface area contributed by atoms with Crippen LogP contribution in [0.4, 0.5) is 4.39 Å². The third kappa shape index (κ3) is 3.94. The molecule has 2 rings (SSSR count). The number of rotatable bonds is 6. The number of benzene rings is 1. The Labute approximate surface area is 127 Å². The number of nitrogens with one attached hydrogen (secondary N) is 1. The Balaban J connectivity index is 1.88. The van der Waals surface area contributed by atoms with E-state index in [1.165, 1.54) is 12.1 Å². The summed E-state index contributed by atoms with van der Waals surface area (Å²) in [5.74, 6) is -2.05. The summed E-state index contributed by atoms with van der Waals surface area (Å²) in [6.45, 7) is 2.06. The van der Waals surface area contributed by atoms with Gasteiger partial charge in [-0.05, 0) is 24.5 Å². The summed E-state index contributed by atoms with van der Waals surface area (Å²) in [4.78, 5) is 22.5. The third-order valence-electron chi connectivity index (χ3n) is 3.65. The predicted molar refractivity (Wildman–Crippen MR) is 76.7 cm³/mol. The molecular weight excluding hydrogens is 297 g/mol. The molecule has 3 unspecified atom stereocenters. The average molecular weight is 314 g/mol. The lowest BCUT2D eigenvalue weighted by molar-refractivity contribution is -0.138. The first-order valence-corrected chi connectivity index (χ1v) is 7.21.